The van der Waals surface area contributed by atoms with Gasteiger partial charge in [0.1, 0.15) is 0 Å². The lowest BCUT2D eigenvalue weighted by molar-refractivity contribution is -0.207. The summed E-state index contributed by atoms with van der Waals surface area (Å²) < 4.78 is 0. The van der Waals surface area contributed by atoms with E-state index in [1.807, 2.05) is 0 Å². The fourth-order valence-corrected chi connectivity index (χ4v) is 9.69. The first-order chi connectivity index (χ1) is 11.9. The molecule has 1 nitrogen and oxygen atoms in total. The van der Waals surface area contributed by atoms with Gasteiger partial charge in [-0.1, -0.05) is 41.0 Å². The fourth-order valence-electron chi connectivity index (χ4n) is 9.69. The van der Waals surface area contributed by atoms with Gasteiger partial charge in [0.05, 0.1) is 5.60 Å². The van der Waals surface area contributed by atoms with E-state index >= 15 is 0 Å². The molecule has 0 aliphatic heterocycles. The first kappa shape index (κ1) is 19.3. The molecule has 7 atom stereocenters. The quantitative estimate of drug-likeness (QED) is 0.543. The third-order valence-electron chi connectivity index (χ3n) is 11.1. The topological polar surface area (TPSA) is 20.2 Å². The molecule has 0 bridgehead atoms. The van der Waals surface area contributed by atoms with Crippen LogP contribution in [0.5, 0.6) is 0 Å². The molecule has 1 N–H and O–H groups in total. The first-order valence-corrected chi connectivity index (χ1v) is 11.6. The molecule has 0 saturated heterocycles. The molecule has 1 unspecified atom stereocenters. The molecule has 0 heterocycles. The summed E-state index contributed by atoms with van der Waals surface area (Å²) in [6.07, 6.45) is 12.5. The Hall–Kier alpha value is -0.0400. The van der Waals surface area contributed by atoms with E-state index in [9.17, 15) is 5.11 Å². The maximum absolute atomic E-state index is 10.9. The van der Waals surface area contributed by atoms with Crippen LogP contribution in [-0.2, 0) is 0 Å². The molecule has 1 heteroatoms. The van der Waals surface area contributed by atoms with Crippen LogP contribution in [0.15, 0.2) is 0 Å². The molecule has 0 amide bonds. The largest absolute Gasteiger partial charge is 0.390 e. The lowest BCUT2D eigenvalue weighted by Crippen LogP contribution is -2.62. The van der Waals surface area contributed by atoms with Gasteiger partial charge in [-0.05, 0) is 111 Å². The Kier molecular flexibility index (Phi) is 4.09. The van der Waals surface area contributed by atoms with E-state index in [0.717, 1.165) is 17.8 Å². The Balaban J connectivity index is 1.72. The highest BCUT2D eigenvalue weighted by Gasteiger charge is 2.68. The summed E-state index contributed by atoms with van der Waals surface area (Å²) in [6, 6.07) is 0. The molecule has 0 aromatic rings. The molecule has 0 aromatic carbocycles. The number of aliphatic hydroxyl groups is 1. The number of hydrogen-bond acceptors (Lipinski definition) is 1. The van der Waals surface area contributed by atoms with E-state index in [2.05, 4.69) is 48.5 Å². The molecule has 150 valence electrons. The molecule has 0 radical (unpaired) electrons. The lowest BCUT2D eigenvalue weighted by atomic mass is 9.35. The zero-order chi connectivity index (χ0) is 19.2. The van der Waals surface area contributed by atoms with Gasteiger partial charge in [0, 0.05) is 0 Å². The van der Waals surface area contributed by atoms with E-state index in [4.69, 9.17) is 0 Å². The van der Waals surface area contributed by atoms with Crippen LogP contribution in [0.4, 0.5) is 0 Å². The van der Waals surface area contributed by atoms with E-state index in [-0.39, 0.29) is 0 Å². The van der Waals surface area contributed by atoms with Gasteiger partial charge in [-0.15, -0.1) is 0 Å². The monoisotopic (exact) mass is 360 g/mol. The van der Waals surface area contributed by atoms with Crippen molar-refractivity contribution in [2.75, 3.05) is 0 Å². The van der Waals surface area contributed by atoms with Gasteiger partial charge >= 0.3 is 0 Å². The van der Waals surface area contributed by atoms with Crippen molar-refractivity contribution in [2.24, 2.45) is 45.3 Å². The fraction of sp³-hybridized carbons (Fsp3) is 1.00. The van der Waals surface area contributed by atoms with Crippen molar-refractivity contribution in [3.05, 3.63) is 0 Å². The maximum Gasteiger partial charge on any atom is 0.0622 e. The zero-order valence-electron chi connectivity index (χ0n) is 18.6. The van der Waals surface area contributed by atoms with Crippen LogP contribution >= 0.6 is 0 Å². The minimum atomic E-state index is -0.514. The van der Waals surface area contributed by atoms with Crippen molar-refractivity contribution < 1.29 is 5.11 Å². The van der Waals surface area contributed by atoms with E-state index < -0.39 is 5.60 Å². The minimum Gasteiger partial charge on any atom is -0.390 e. The number of rotatable bonds is 1. The smallest absolute Gasteiger partial charge is 0.0622 e. The van der Waals surface area contributed by atoms with Crippen LogP contribution in [0, 0.1) is 45.3 Å². The summed E-state index contributed by atoms with van der Waals surface area (Å²) >= 11 is 0. The van der Waals surface area contributed by atoms with Gasteiger partial charge in [0.15, 0.2) is 0 Å². The van der Waals surface area contributed by atoms with Gasteiger partial charge in [-0.2, -0.15) is 0 Å². The normalized spacial score (nSPS) is 53.5. The van der Waals surface area contributed by atoms with Crippen LogP contribution in [0.25, 0.3) is 0 Å². The second kappa shape index (κ2) is 5.52. The highest BCUT2D eigenvalue weighted by molar-refractivity contribution is 5.17. The molecule has 4 aliphatic carbocycles. The molecule has 0 aromatic heterocycles. The van der Waals surface area contributed by atoms with E-state index in [0.29, 0.717) is 27.6 Å². The van der Waals surface area contributed by atoms with Gasteiger partial charge in [-0.3, -0.25) is 0 Å². The summed E-state index contributed by atoms with van der Waals surface area (Å²) in [6.45, 7) is 17.3. The summed E-state index contributed by atoms with van der Waals surface area (Å²) in [4.78, 5) is 0. The molecule has 0 spiro atoms. The Labute approximate surface area is 162 Å². The highest BCUT2D eigenvalue weighted by atomic mass is 16.3. The summed E-state index contributed by atoms with van der Waals surface area (Å²) in [7, 11) is 0. The third kappa shape index (κ3) is 2.31. The molecule has 4 rings (SSSR count). The van der Waals surface area contributed by atoms with Crippen LogP contribution < -0.4 is 0 Å². The second-order valence-corrected chi connectivity index (χ2v) is 12.8. The molecule has 26 heavy (non-hydrogen) atoms. The van der Waals surface area contributed by atoms with Crippen LogP contribution in [0.2, 0.25) is 0 Å². The molecule has 4 fully saturated rings. The number of fused-ring (bicyclic) bond motifs is 5. The van der Waals surface area contributed by atoms with Gasteiger partial charge in [0.2, 0.25) is 0 Å². The Morgan fingerprint density at radius 2 is 1.38 bits per heavy atom. The third-order valence-corrected chi connectivity index (χ3v) is 11.1. The Bertz CT molecular complexity index is 571. The maximum atomic E-state index is 10.9. The van der Waals surface area contributed by atoms with Crippen molar-refractivity contribution in [1.82, 2.24) is 0 Å². The molecule has 4 aliphatic rings. The average molecular weight is 361 g/mol. The predicted octanol–water partition coefficient (Wildman–Crippen LogP) is 6.83. The standard InChI is InChI=1S/C25H44O/c1-21(2)13-8-14-23(5)19(21)12-16-25(7)20(23)10-9-18-17(22(3,4)26)11-15-24(18,25)6/h17-20,26H,8-16H2,1-7H3/t17-,18-,19?,20-,23+,24-,25-/m1/s1. The molecular weight excluding hydrogens is 316 g/mol. The second-order valence-electron chi connectivity index (χ2n) is 12.8. The lowest BCUT2D eigenvalue weighted by Gasteiger charge is -2.69. The minimum absolute atomic E-state index is 0.427. The van der Waals surface area contributed by atoms with Crippen molar-refractivity contribution in [3.63, 3.8) is 0 Å². The first-order valence-electron chi connectivity index (χ1n) is 11.6. The van der Waals surface area contributed by atoms with Crippen LogP contribution in [0.1, 0.15) is 106 Å². The zero-order valence-corrected chi connectivity index (χ0v) is 18.6. The molecule has 4 saturated carbocycles. The highest BCUT2D eigenvalue weighted by Crippen LogP contribution is 2.75. The SMILES string of the molecule is CC1(C)CCC[C@@]2(C)C1CC[C@]1(C)[C@@H]2CC[C@@H]2[C@H](C(C)(C)O)CC[C@]21C. The van der Waals surface area contributed by atoms with Crippen molar-refractivity contribution in [1.29, 1.82) is 0 Å². The van der Waals surface area contributed by atoms with E-state index in [1.54, 1.807) is 0 Å². The van der Waals surface area contributed by atoms with Crippen LogP contribution in [0.3, 0.4) is 0 Å². The summed E-state index contributed by atoms with van der Waals surface area (Å²) in [5.41, 5.74) is 1.44. The van der Waals surface area contributed by atoms with Crippen molar-refractivity contribution in [3.8, 4) is 0 Å². The summed E-state index contributed by atoms with van der Waals surface area (Å²) in [5, 5.41) is 10.9. The van der Waals surface area contributed by atoms with Gasteiger partial charge in [0.25, 0.3) is 0 Å². The van der Waals surface area contributed by atoms with E-state index in [1.165, 1.54) is 57.8 Å². The van der Waals surface area contributed by atoms with Gasteiger partial charge in [-0.25, -0.2) is 0 Å². The van der Waals surface area contributed by atoms with Crippen molar-refractivity contribution >= 4 is 0 Å². The Morgan fingerprint density at radius 3 is 2.04 bits per heavy atom. The average Bonchev–Trinajstić information content (AvgIpc) is 2.85. The van der Waals surface area contributed by atoms with Crippen molar-refractivity contribution in [2.45, 2.75) is 112 Å². The number of hydrogen-bond donors (Lipinski definition) is 1. The van der Waals surface area contributed by atoms with Crippen LogP contribution in [-0.4, -0.2) is 10.7 Å². The molecular formula is C25H44O. The predicted molar refractivity (Wildman–Crippen MR) is 110 cm³/mol. The summed E-state index contributed by atoms with van der Waals surface area (Å²) in [5.74, 6) is 3.02. The van der Waals surface area contributed by atoms with Gasteiger partial charge < -0.3 is 5.11 Å². The Morgan fingerprint density at radius 1 is 0.731 bits per heavy atom.